The van der Waals surface area contributed by atoms with Crippen LogP contribution in [0.4, 0.5) is 14.5 Å². The number of halogens is 2. The first kappa shape index (κ1) is 17.2. The molecule has 0 unspecified atom stereocenters. The van der Waals surface area contributed by atoms with Gasteiger partial charge in [-0.05, 0) is 56.2 Å². The summed E-state index contributed by atoms with van der Waals surface area (Å²) in [5.74, 6) is -0.0364. The molecule has 0 aliphatic carbocycles. The maximum Gasteiger partial charge on any atom is 0.387 e. The fourth-order valence-corrected chi connectivity index (χ4v) is 4.02. The fourth-order valence-electron chi connectivity index (χ4n) is 2.50. The molecule has 4 nitrogen and oxygen atoms in total. The standard InChI is InChI=1S/C16H17F2NO3S/c1-10-8-11(2)15(12(3)9-10)23(20,21)19-13-4-6-14(7-5-13)22-16(17)18/h4-9,16,19H,1-3H3. The molecule has 2 rings (SSSR count). The molecule has 0 aliphatic heterocycles. The molecule has 0 spiro atoms. The zero-order chi connectivity index (χ0) is 17.2. The van der Waals surface area contributed by atoms with Gasteiger partial charge in [0, 0.05) is 5.69 Å². The van der Waals surface area contributed by atoms with Crippen LogP contribution in [0.5, 0.6) is 5.75 Å². The maximum atomic E-state index is 12.6. The first-order chi connectivity index (χ1) is 10.7. The molecule has 0 bridgehead atoms. The Morgan fingerprint density at radius 2 is 1.52 bits per heavy atom. The molecular weight excluding hydrogens is 324 g/mol. The summed E-state index contributed by atoms with van der Waals surface area (Å²) in [6, 6.07) is 8.88. The highest BCUT2D eigenvalue weighted by Crippen LogP contribution is 2.25. The van der Waals surface area contributed by atoms with E-state index in [9.17, 15) is 17.2 Å². The van der Waals surface area contributed by atoms with Gasteiger partial charge < -0.3 is 4.74 Å². The lowest BCUT2D eigenvalue weighted by atomic mass is 10.1. The third-order valence-electron chi connectivity index (χ3n) is 3.21. The molecular formula is C16H17F2NO3S. The number of aryl methyl sites for hydroxylation is 3. The van der Waals surface area contributed by atoms with Crippen molar-refractivity contribution in [3.63, 3.8) is 0 Å². The number of rotatable bonds is 5. The van der Waals surface area contributed by atoms with Gasteiger partial charge in [-0.1, -0.05) is 17.7 Å². The number of benzene rings is 2. The van der Waals surface area contributed by atoms with Gasteiger partial charge in [0.05, 0.1) is 4.90 Å². The van der Waals surface area contributed by atoms with E-state index in [2.05, 4.69) is 9.46 Å². The quantitative estimate of drug-likeness (QED) is 0.894. The van der Waals surface area contributed by atoms with Gasteiger partial charge in [0.1, 0.15) is 5.75 Å². The number of sulfonamides is 1. The Kier molecular flexibility index (Phi) is 4.89. The monoisotopic (exact) mass is 341 g/mol. The third-order valence-corrected chi connectivity index (χ3v) is 4.89. The van der Waals surface area contributed by atoms with Gasteiger partial charge in [-0.2, -0.15) is 8.78 Å². The topological polar surface area (TPSA) is 55.4 Å². The summed E-state index contributed by atoms with van der Waals surface area (Å²) in [6.45, 7) is 2.43. The maximum absolute atomic E-state index is 12.6. The second-order valence-corrected chi connectivity index (χ2v) is 6.86. The molecule has 0 saturated heterocycles. The molecule has 2 aromatic rings. The van der Waals surface area contributed by atoms with Crippen molar-refractivity contribution in [3.05, 3.63) is 53.1 Å². The van der Waals surface area contributed by atoms with Crippen LogP contribution in [0.25, 0.3) is 0 Å². The Morgan fingerprint density at radius 1 is 1.00 bits per heavy atom. The van der Waals surface area contributed by atoms with E-state index < -0.39 is 16.6 Å². The predicted octanol–water partition coefficient (Wildman–Crippen LogP) is 4.01. The number of ether oxygens (including phenoxy) is 1. The number of anilines is 1. The van der Waals surface area contributed by atoms with E-state index in [-0.39, 0.29) is 16.3 Å². The van der Waals surface area contributed by atoms with E-state index in [1.807, 2.05) is 6.92 Å². The minimum atomic E-state index is -3.77. The summed E-state index contributed by atoms with van der Waals surface area (Å²) in [6.07, 6.45) is 0. The second-order valence-electron chi connectivity index (χ2n) is 5.24. The molecule has 0 radical (unpaired) electrons. The summed E-state index contributed by atoms with van der Waals surface area (Å²) >= 11 is 0. The molecule has 23 heavy (non-hydrogen) atoms. The fraction of sp³-hybridized carbons (Fsp3) is 0.250. The molecule has 0 atom stereocenters. The van der Waals surface area contributed by atoms with Gasteiger partial charge in [0.15, 0.2) is 0 Å². The smallest absolute Gasteiger partial charge is 0.387 e. The van der Waals surface area contributed by atoms with Crippen molar-refractivity contribution < 1.29 is 21.9 Å². The molecule has 0 amide bonds. The molecule has 0 aliphatic rings. The first-order valence-corrected chi connectivity index (χ1v) is 8.33. The van der Waals surface area contributed by atoms with E-state index in [1.165, 1.54) is 24.3 Å². The van der Waals surface area contributed by atoms with E-state index in [4.69, 9.17) is 0 Å². The van der Waals surface area contributed by atoms with Gasteiger partial charge in [-0.15, -0.1) is 0 Å². The lowest BCUT2D eigenvalue weighted by Gasteiger charge is -2.14. The second kappa shape index (κ2) is 6.54. The first-order valence-electron chi connectivity index (χ1n) is 6.84. The third kappa shape index (κ3) is 4.19. The number of nitrogens with one attached hydrogen (secondary N) is 1. The largest absolute Gasteiger partial charge is 0.435 e. The Labute approximate surface area is 134 Å². The number of alkyl halides is 2. The van der Waals surface area contributed by atoms with Gasteiger partial charge in [0.2, 0.25) is 0 Å². The van der Waals surface area contributed by atoms with Crippen LogP contribution in [0, 0.1) is 20.8 Å². The zero-order valence-electron chi connectivity index (χ0n) is 12.9. The molecule has 2 aromatic carbocycles. The highest BCUT2D eigenvalue weighted by Gasteiger charge is 2.20. The Morgan fingerprint density at radius 3 is 2.00 bits per heavy atom. The Hall–Kier alpha value is -2.15. The van der Waals surface area contributed by atoms with Gasteiger partial charge in [0.25, 0.3) is 10.0 Å². The van der Waals surface area contributed by atoms with Gasteiger partial charge in [-0.25, -0.2) is 8.42 Å². The van der Waals surface area contributed by atoms with E-state index in [0.29, 0.717) is 11.1 Å². The van der Waals surface area contributed by atoms with Gasteiger partial charge in [-0.3, -0.25) is 4.72 Å². The highest BCUT2D eigenvalue weighted by atomic mass is 32.2. The van der Waals surface area contributed by atoms with Crippen LogP contribution in [-0.4, -0.2) is 15.0 Å². The molecule has 0 heterocycles. The summed E-state index contributed by atoms with van der Waals surface area (Å²) in [7, 11) is -3.77. The van der Waals surface area contributed by atoms with E-state index in [0.717, 1.165) is 5.56 Å². The molecule has 0 saturated carbocycles. The van der Waals surface area contributed by atoms with Crippen LogP contribution < -0.4 is 9.46 Å². The molecule has 124 valence electrons. The Balaban J connectivity index is 2.28. The highest BCUT2D eigenvalue weighted by molar-refractivity contribution is 7.92. The Bertz CT molecular complexity index is 780. The summed E-state index contributed by atoms with van der Waals surface area (Å²) in [5, 5.41) is 0. The van der Waals surface area contributed by atoms with Crippen LogP contribution >= 0.6 is 0 Å². The van der Waals surface area contributed by atoms with Crippen molar-refractivity contribution in [1.82, 2.24) is 0 Å². The van der Waals surface area contributed by atoms with Crippen LogP contribution in [0.2, 0.25) is 0 Å². The van der Waals surface area contributed by atoms with Crippen LogP contribution in [0.3, 0.4) is 0 Å². The van der Waals surface area contributed by atoms with Crippen LogP contribution in [0.1, 0.15) is 16.7 Å². The van der Waals surface area contributed by atoms with Crippen molar-refractivity contribution in [2.45, 2.75) is 32.3 Å². The zero-order valence-corrected chi connectivity index (χ0v) is 13.7. The SMILES string of the molecule is Cc1cc(C)c(S(=O)(=O)Nc2ccc(OC(F)F)cc2)c(C)c1. The normalized spacial score (nSPS) is 11.6. The van der Waals surface area contributed by atoms with Gasteiger partial charge >= 0.3 is 6.61 Å². The van der Waals surface area contributed by atoms with Crippen molar-refractivity contribution in [3.8, 4) is 5.75 Å². The summed E-state index contributed by atoms with van der Waals surface area (Å²) in [4.78, 5) is 0.219. The minimum absolute atomic E-state index is 0.0364. The molecule has 0 fully saturated rings. The molecule has 7 heteroatoms. The minimum Gasteiger partial charge on any atom is -0.435 e. The van der Waals surface area contributed by atoms with Crippen molar-refractivity contribution in [1.29, 1.82) is 0 Å². The average molecular weight is 341 g/mol. The van der Waals surface area contributed by atoms with Crippen molar-refractivity contribution in [2.75, 3.05) is 4.72 Å². The lowest BCUT2D eigenvalue weighted by molar-refractivity contribution is -0.0498. The number of hydrogen-bond donors (Lipinski definition) is 1. The van der Waals surface area contributed by atoms with E-state index >= 15 is 0 Å². The predicted molar refractivity (Wildman–Crippen MR) is 84.5 cm³/mol. The molecule has 0 aromatic heterocycles. The lowest BCUT2D eigenvalue weighted by Crippen LogP contribution is -2.16. The summed E-state index contributed by atoms with van der Waals surface area (Å²) in [5.41, 5.74) is 2.54. The van der Waals surface area contributed by atoms with E-state index in [1.54, 1.807) is 26.0 Å². The van der Waals surface area contributed by atoms with Crippen LogP contribution in [0.15, 0.2) is 41.3 Å². The molecule has 1 N–H and O–H groups in total. The van der Waals surface area contributed by atoms with Crippen molar-refractivity contribution >= 4 is 15.7 Å². The van der Waals surface area contributed by atoms with Crippen LogP contribution in [-0.2, 0) is 10.0 Å². The average Bonchev–Trinajstić information content (AvgIpc) is 2.38. The summed E-state index contributed by atoms with van der Waals surface area (Å²) < 4.78 is 56.0. The number of hydrogen-bond acceptors (Lipinski definition) is 3. The van der Waals surface area contributed by atoms with Crippen molar-refractivity contribution in [2.24, 2.45) is 0 Å².